The summed E-state index contributed by atoms with van der Waals surface area (Å²) in [6.07, 6.45) is 9.89. The third-order valence-corrected chi connectivity index (χ3v) is 4.68. The number of amides is 1. The van der Waals surface area contributed by atoms with Crippen LogP contribution in [0.1, 0.15) is 43.2 Å². The lowest BCUT2D eigenvalue weighted by atomic mass is 10.0. The average Bonchev–Trinajstić information content (AvgIpc) is 3.20. The number of benzene rings is 1. The Kier molecular flexibility index (Phi) is 5.28. The van der Waals surface area contributed by atoms with Crippen molar-refractivity contribution in [2.75, 3.05) is 13.1 Å². The third-order valence-electron chi connectivity index (χ3n) is 4.68. The summed E-state index contributed by atoms with van der Waals surface area (Å²) >= 11 is 0. The fraction of sp³-hybridized carbons (Fsp3) is 0.526. The second kappa shape index (κ2) is 7.59. The van der Waals surface area contributed by atoms with E-state index >= 15 is 0 Å². The number of nitrogens with one attached hydrogen (secondary N) is 1. The van der Waals surface area contributed by atoms with Crippen LogP contribution in [-0.2, 0) is 17.9 Å². The fourth-order valence-electron chi connectivity index (χ4n) is 3.34. The summed E-state index contributed by atoms with van der Waals surface area (Å²) in [6.45, 7) is 4.15. The summed E-state index contributed by atoms with van der Waals surface area (Å²) in [6, 6.07) is 8.67. The van der Waals surface area contributed by atoms with Gasteiger partial charge in [-0.15, -0.1) is 0 Å². The predicted molar refractivity (Wildman–Crippen MR) is 89.3 cm³/mol. The molecule has 1 fully saturated rings. The van der Waals surface area contributed by atoms with Gasteiger partial charge in [0, 0.05) is 19.5 Å². The van der Waals surface area contributed by atoms with E-state index in [2.05, 4.69) is 46.6 Å². The Morgan fingerprint density at radius 3 is 2.55 bits per heavy atom. The Morgan fingerprint density at radius 1 is 1.14 bits per heavy atom. The van der Waals surface area contributed by atoms with Crippen LogP contribution >= 0.6 is 0 Å². The van der Waals surface area contributed by atoms with E-state index in [1.165, 1.54) is 37.1 Å². The number of hydrogen-bond donors (Lipinski definition) is 1. The van der Waals surface area contributed by atoms with Crippen molar-refractivity contribution in [3.63, 3.8) is 0 Å². The van der Waals surface area contributed by atoms with Gasteiger partial charge < -0.3 is 5.32 Å². The normalized spacial score (nSPS) is 21.4. The summed E-state index contributed by atoms with van der Waals surface area (Å²) in [5.41, 5.74) is 2.55. The lowest BCUT2D eigenvalue weighted by Crippen LogP contribution is -2.24. The van der Waals surface area contributed by atoms with Crippen LogP contribution in [0.15, 0.2) is 36.4 Å². The maximum atomic E-state index is 11.9. The second-order valence-corrected chi connectivity index (χ2v) is 6.55. The topological polar surface area (TPSA) is 32.3 Å². The maximum absolute atomic E-state index is 11.9. The fourth-order valence-corrected chi connectivity index (χ4v) is 3.34. The lowest BCUT2D eigenvalue weighted by Gasteiger charge is -2.15. The van der Waals surface area contributed by atoms with Crippen molar-refractivity contribution in [3.8, 4) is 0 Å². The molecule has 0 radical (unpaired) electrons. The number of allylic oxidation sites excluding steroid dienone is 2. The first kappa shape index (κ1) is 15.3. The van der Waals surface area contributed by atoms with Crippen LogP contribution in [0.2, 0.25) is 0 Å². The predicted octanol–water partition coefficient (Wildman–Crippen LogP) is 3.25. The molecule has 0 spiro atoms. The van der Waals surface area contributed by atoms with E-state index in [9.17, 15) is 4.79 Å². The van der Waals surface area contributed by atoms with Gasteiger partial charge in [-0.05, 0) is 55.8 Å². The molecule has 1 aromatic rings. The highest BCUT2D eigenvalue weighted by molar-refractivity contribution is 5.76. The van der Waals surface area contributed by atoms with Gasteiger partial charge in [0.05, 0.1) is 0 Å². The van der Waals surface area contributed by atoms with Crippen LogP contribution in [0.5, 0.6) is 0 Å². The highest BCUT2D eigenvalue weighted by Gasteiger charge is 2.14. The molecule has 3 rings (SSSR count). The molecule has 1 N–H and O–H groups in total. The van der Waals surface area contributed by atoms with Crippen LogP contribution in [0.4, 0.5) is 0 Å². The maximum Gasteiger partial charge on any atom is 0.220 e. The van der Waals surface area contributed by atoms with Crippen molar-refractivity contribution in [1.29, 1.82) is 0 Å². The number of hydrogen-bond acceptors (Lipinski definition) is 2. The van der Waals surface area contributed by atoms with Crippen molar-refractivity contribution in [1.82, 2.24) is 10.2 Å². The molecule has 2 aliphatic rings. The quantitative estimate of drug-likeness (QED) is 0.818. The minimum Gasteiger partial charge on any atom is -0.352 e. The Labute approximate surface area is 133 Å². The molecule has 118 valence electrons. The number of nitrogens with zero attached hydrogens (tertiary/aromatic N) is 1. The van der Waals surface area contributed by atoms with Gasteiger partial charge in [-0.3, -0.25) is 9.69 Å². The minimum absolute atomic E-state index is 0.165. The SMILES string of the molecule is O=C(CC1C=CCC1)NCc1ccc(CN2CCCC2)cc1. The molecule has 1 heterocycles. The number of carbonyl (C=O) groups excluding carboxylic acids is 1. The monoisotopic (exact) mass is 298 g/mol. The van der Waals surface area contributed by atoms with Crippen molar-refractivity contribution < 1.29 is 4.79 Å². The molecule has 3 nitrogen and oxygen atoms in total. The Hall–Kier alpha value is -1.61. The zero-order valence-corrected chi connectivity index (χ0v) is 13.3. The molecule has 1 atom stereocenters. The average molecular weight is 298 g/mol. The van der Waals surface area contributed by atoms with E-state index in [4.69, 9.17) is 0 Å². The standard InChI is InChI=1S/C19H26N2O/c22-19(13-16-5-1-2-6-16)20-14-17-7-9-18(10-8-17)15-21-11-3-4-12-21/h1,5,7-10,16H,2-4,6,11-15H2,(H,20,22). The zero-order valence-electron chi connectivity index (χ0n) is 13.3. The molecular weight excluding hydrogens is 272 g/mol. The van der Waals surface area contributed by atoms with E-state index in [1.54, 1.807) is 0 Å². The van der Waals surface area contributed by atoms with E-state index < -0.39 is 0 Å². The van der Waals surface area contributed by atoms with E-state index in [1.807, 2.05) is 0 Å². The smallest absolute Gasteiger partial charge is 0.220 e. The van der Waals surface area contributed by atoms with Crippen molar-refractivity contribution in [2.45, 2.75) is 45.2 Å². The van der Waals surface area contributed by atoms with Crippen LogP contribution in [-0.4, -0.2) is 23.9 Å². The molecule has 1 saturated heterocycles. The van der Waals surface area contributed by atoms with Crippen LogP contribution in [0, 0.1) is 5.92 Å². The van der Waals surface area contributed by atoms with Crippen LogP contribution < -0.4 is 5.32 Å². The number of likely N-dealkylation sites (tertiary alicyclic amines) is 1. The van der Waals surface area contributed by atoms with Crippen molar-refractivity contribution in [2.24, 2.45) is 5.92 Å². The van der Waals surface area contributed by atoms with Crippen molar-refractivity contribution >= 4 is 5.91 Å². The molecule has 1 unspecified atom stereocenters. The van der Waals surface area contributed by atoms with Gasteiger partial charge in [-0.25, -0.2) is 0 Å². The molecule has 22 heavy (non-hydrogen) atoms. The van der Waals surface area contributed by atoms with Gasteiger partial charge >= 0.3 is 0 Å². The van der Waals surface area contributed by atoms with Gasteiger partial charge in [-0.2, -0.15) is 0 Å². The third kappa shape index (κ3) is 4.44. The Bertz CT molecular complexity index is 515. The molecule has 3 heteroatoms. The molecule has 1 aliphatic carbocycles. The highest BCUT2D eigenvalue weighted by atomic mass is 16.1. The van der Waals surface area contributed by atoms with Gasteiger partial charge in [0.1, 0.15) is 0 Å². The minimum atomic E-state index is 0.165. The van der Waals surface area contributed by atoms with E-state index in [-0.39, 0.29) is 5.91 Å². The summed E-state index contributed by atoms with van der Waals surface area (Å²) in [5.74, 6) is 0.612. The molecule has 0 saturated carbocycles. The molecule has 1 aliphatic heterocycles. The molecular formula is C19H26N2O. The van der Waals surface area contributed by atoms with Crippen LogP contribution in [0.25, 0.3) is 0 Å². The lowest BCUT2D eigenvalue weighted by molar-refractivity contribution is -0.121. The van der Waals surface area contributed by atoms with Crippen LogP contribution in [0.3, 0.4) is 0 Å². The number of rotatable bonds is 6. The zero-order chi connectivity index (χ0) is 15.2. The summed E-state index contributed by atoms with van der Waals surface area (Å²) in [4.78, 5) is 14.4. The van der Waals surface area contributed by atoms with Gasteiger partial charge in [0.25, 0.3) is 0 Å². The molecule has 1 amide bonds. The first-order valence-electron chi connectivity index (χ1n) is 8.53. The highest BCUT2D eigenvalue weighted by Crippen LogP contribution is 2.20. The Morgan fingerprint density at radius 2 is 1.86 bits per heavy atom. The second-order valence-electron chi connectivity index (χ2n) is 6.55. The van der Waals surface area contributed by atoms with Gasteiger partial charge in [-0.1, -0.05) is 36.4 Å². The number of carbonyl (C=O) groups is 1. The van der Waals surface area contributed by atoms with E-state index in [0.29, 0.717) is 18.9 Å². The van der Waals surface area contributed by atoms with Gasteiger partial charge in [0.2, 0.25) is 5.91 Å². The first-order chi connectivity index (χ1) is 10.8. The summed E-state index contributed by atoms with van der Waals surface area (Å²) < 4.78 is 0. The summed E-state index contributed by atoms with van der Waals surface area (Å²) in [5, 5.41) is 3.04. The Balaban J connectivity index is 1.42. The summed E-state index contributed by atoms with van der Waals surface area (Å²) in [7, 11) is 0. The molecule has 0 aromatic heterocycles. The molecule has 0 bridgehead atoms. The largest absolute Gasteiger partial charge is 0.352 e. The van der Waals surface area contributed by atoms with Gasteiger partial charge in [0.15, 0.2) is 0 Å². The molecule has 1 aromatic carbocycles. The van der Waals surface area contributed by atoms with E-state index in [0.717, 1.165) is 19.4 Å². The van der Waals surface area contributed by atoms with Crippen molar-refractivity contribution in [3.05, 3.63) is 47.5 Å². The first-order valence-corrected chi connectivity index (χ1v) is 8.53.